The summed E-state index contributed by atoms with van der Waals surface area (Å²) in [6, 6.07) is 14.1. The van der Waals surface area contributed by atoms with Crippen molar-refractivity contribution < 1.29 is 4.79 Å². The molecule has 5 nitrogen and oxygen atoms in total. The summed E-state index contributed by atoms with van der Waals surface area (Å²) in [6.07, 6.45) is 2.15. The molecule has 2 heterocycles. The molecule has 6 heteroatoms. The number of benzene rings is 2. The van der Waals surface area contributed by atoms with Gasteiger partial charge in [-0.3, -0.25) is 9.93 Å². The SMILES string of the molecule is CC1(C)c2cc(C3CCN(SN)CC3)ccc2C(=O)c2c1[nH]c1cc(C#N)ccc21. The second-order valence-corrected chi connectivity index (χ2v) is 9.54. The van der Waals surface area contributed by atoms with E-state index in [4.69, 9.17) is 5.14 Å². The predicted octanol–water partition coefficient (Wildman–Crippen LogP) is 4.61. The standard InChI is InChI=1S/C24H24N4OS/c1-24(2)19-12-16(15-7-9-28(30-26)10-8-15)4-6-17(19)22(29)21-18-5-3-14(13-25)11-20(18)27-23(21)24/h3-6,11-12,15,27H,7-10,26H2,1-2H3. The van der Waals surface area contributed by atoms with Crippen molar-refractivity contribution in [2.75, 3.05) is 13.1 Å². The number of fused-ring (bicyclic) bond motifs is 4. The van der Waals surface area contributed by atoms with Crippen molar-refractivity contribution in [1.82, 2.24) is 9.29 Å². The summed E-state index contributed by atoms with van der Waals surface area (Å²) in [5.41, 5.74) is 5.98. The van der Waals surface area contributed by atoms with Gasteiger partial charge in [-0.2, -0.15) is 5.26 Å². The number of nitrogens with one attached hydrogen (secondary N) is 1. The number of aromatic nitrogens is 1. The van der Waals surface area contributed by atoms with Crippen LogP contribution in [0.3, 0.4) is 0 Å². The first-order chi connectivity index (χ1) is 14.4. The maximum absolute atomic E-state index is 13.5. The first-order valence-corrected chi connectivity index (χ1v) is 11.1. The van der Waals surface area contributed by atoms with Gasteiger partial charge < -0.3 is 4.98 Å². The summed E-state index contributed by atoms with van der Waals surface area (Å²) in [5, 5.41) is 15.8. The van der Waals surface area contributed by atoms with Crippen molar-refractivity contribution >= 4 is 28.8 Å². The highest BCUT2D eigenvalue weighted by Gasteiger charge is 2.40. The first-order valence-electron chi connectivity index (χ1n) is 10.3. The summed E-state index contributed by atoms with van der Waals surface area (Å²) in [4.78, 5) is 17.0. The summed E-state index contributed by atoms with van der Waals surface area (Å²) in [7, 11) is 0. The van der Waals surface area contributed by atoms with E-state index in [1.165, 1.54) is 17.7 Å². The van der Waals surface area contributed by atoms with Gasteiger partial charge in [-0.05, 0) is 42.0 Å². The van der Waals surface area contributed by atoms with E-state index in [-0.39, 0.29) is 11.2 Å². The Labute approximate surface area is 180 Å². The smallest absolute Gasteiger partial charge is 0.195 e. The Morgan fingerprint density at radius 1 is 1.20 bits per heavy atom. The quantitative estimate of drug-likeness (QED) is 0.596. The lowest BCUT2D eigenvalue weighted by Gasteiger charge is -2.34. The van der Waals surface area contributed by atoms with Crippen LogP contribution in [0.25, 0.3) is 10.9 Å². The normalized spacial score (nSPS) is 18.8. The van der Waals surface area contributed by atoms with Crippen LogP contribution in [0.2, 0.25) is 0 Å². The largest absolute Gasteiger partial charge is 0.357 e. The molecule has 0 saturated carbocycles. The highest BCUT2D eigenvalue weighted by molar-refractivity contribution is 7.94. The number of nitrogens with two attached hydrogens (primary N) is 1. The molecule has 1 aliphatic heterocycles. The van der Waals surface area contributed by atoms with E-state index < -0.39 is 0 Å². The average Bonchev–Trinajstić information content (AvgIpc) is 3.17. The van der Waals surface area contributed by atoms with Crippen LogP contribution >= 0.6 is 12.1 Å². The van der Waals surface area contributed by atoms with Crippen molar-refractivity contribution in [3.8, 4) is 6.07 Å². The molecule has 0 atom stereocenters. The molecular weight excluding hydrogens is 392 g/mol. The van der Waals surface area contributed by atoms with E-state index in [0.717, 1.165) is 59.2 Å². The zero-order valence-electron chi connectivity index (χ0n) is 17.2. The molecule has 3 N–H and O–H groups in total. The molecule has 30 heavy (non-hydrogen) atoms. The molecule has 2 aromatic carbocycles. The van der Waals surface area contributed by atoms with Gasteiger partial charge in [0.05, 0.1) is 17.2 Å². The third-order valence-electron chi connectivity index (χ3n) is 6.82. The number of ketones is 1. The number of rotatable bonds is 2. The fourth-order valence-corrected chi connectivity index (χ4v) is 5.49. The first kappa shape index (κ1) is 19.4. The zero-order valence-corrected chi connectivity index (χ0v) is 18.0. The van der Waals surface area contributed by atoms with E-state index >= 15 is 0 Å². The fourth-order valence-electron chi connectivity index (χ4n) is 5.07. The van der Waals surface area contributed by atoms with Gasteiger partial charge in [0.2, 0.25) is 0 Å². The Balaban J connectivity index is 1.60. The van der Waals surface area contributed by atoms with E-state index in [2.05, 4.69) is 41.3 Å². The lowest BCUT2D eigenvalue weighted by atomic mass is 9.70. The number of hydrogen-bond donors (Lipinski definition) is 2. The van der Waals surface area contributed by atoms with Gasteiger partial charge in [-0.25, -0.2) is 4.31 Å². The third-order valence-corrected chi connectivity index (χ3v) is 7.48. The molecule has 0 spiro atoms. The Bertz CT molecular complexity index is 1210. The van der Waals surface area contributed by atoms with E-state index in [0.29, 0.717) is 11.5 Å². The molecule has 1 aliphatic carbocycles. The number of nitriles is 1. The van der Waals surface area contributed by atoms with Crippen LogP contribution in [0, 0.1) is 11.3 Å². The predicted molar refractivity (Wildman–Crippen MR) is 120 cm³/mol. The molecule has 0 radical (unpaired) electrons. The van der Waals surface area contributed by atoms with Crippen LogP contribution in [0.4, 0.5) is 0 Å². The second kappa shape index (κ2) is 6.98. The fraction of sp³-hybridized carbons (Fsp3) is 0.333. The molecule has 1 fully saturated rings. The van der Waals surface area contributed by atoms with Gasteiger partial charge in [0.1, 0.15) is 0 Å². The van der Waals surface area contributed by atoms with E-state index in [1.54, 1.807) is 6.07 Å². The highest BCUT2D eigenvalue weighted by Crippen LogP contribution is 2.45. The molecule has 2 aliphatic rings. The van der Waals surface area contributed by atoms with Crippen LogP contribution in [0.5, 0.6) is 0 Å². The minimum Gasteiger partial charge on any atom is -0.357 e. The Hall–Kier alpha value is -2.59. The van der Waals surface area contributed by atoms with Crippen molar-refractivity contribution in [2.45, 2.75) is 38.0 Å². The van der Waals surface area contributed by atoms with Gasteiger partial charge in [0.25, 0.3) is 0 Å². The van der Waals surface area contributed by atoms with Crippen molar-refractivity contribution in [3.05, 3.63) is 69.9 Å². The molecular formula is C24H24N4OS. The number of H-pyrrole nitrogens is 1. The lowest BCUT2D eigenvalue weighted by molar-refractivity contribution is 0.103. The molecule has 152 valence electrons. The van der Waals surface area contributed by atoms with Gasteiger partial charge >= 0.3 is 0 Å². The van der Waals surface area contributed by atoms with Crippen LogP contribution in [0.15, 0.2) is 36.4 Å². The molecule has 1 saturated heterocycles. The van der Waals surface area contributed by atoms with Crippen LogP contribution in [-0.4, -0.2) is 28.2 Å². The van der Waals surface area contributed by atoms with E-state index in [9.17, 15) is 10.1 Å². The Kier molecular flexibility index (Phi) is 4.51. The van der Waals surface area contributed by atoms with Gasteiger partial charge in [0, 0.05) is 52.8 Å². The third kappa shape index (κ3) is 2.81. The number of nitrogens with zero attached hydrogens (tertiary/aromatic N) is 2. The number of piperidine rings is 1. The minimum atomic E-state index is -0.325. The van der Waals surface area contributed by atoms with Crippen molar-refractivity contribution in [1.29, 1.82) is 5.26 Å². The van der Waals surface area contributed by atoms with Gasteiger partial charge in [-0.15, -0.1) is 0 Å². The number of carbonyl (C=O) groups excluding carboxylic acids is 1. The summed E-state index contributed by atoms with van der Waals surface area (Å²) >= 11 is 1.33. The van der Waals surface area contributed by atoms with Crippen LogP contribution < -0.4 is 5.14 Å². The van der Waals surface area contributed by atoms with Crippen molar-refractivity contribution in [3.63, 3.8) is 0 Å². The zero-order chi connectivity index (χ0) is 21.0. The Morgan fingerprint density at radius 2 is 1.97 bits per heavy atom. The monoisotopic (exact) mass is 416 g/mol. The summed E-state index contributed by atoms with van der Waals surface area (Å²) in [6.45, 7) is 6.32. The summed E-state index contributed by atoms with van der Waals surface area (Å²) in [5.74, 6) is 0.558. The maximum atomic E-state index is 13.5. The number of aromatic amines is 1. The maximum Gasteiger partial charge on any atom is 0.195 e. The molecule has 0 bridgehead atoms. The highest BCUT2D eigenvalue weighted by atomic mass is 32.2. The van der Waals surface area contributed by atoms with E-state index in [1.807, 2.05) is 18.2 Å². The lowest BCUT2D eigenvalue weighted by Crippen LogP contribution is -2.31. The topological polar surface area (TPSA) is 85.9 Å². The Morgan fingerprint density at radius 3 is 2.67 bits per heavy atom. The number of carbonyl (C=O) groups is 1. The molecule has 1 aromatic heterocycles. The van der Waals surface area contributed by atoms with Crippen molar-refractivity contribution in [2.24, 2.45) is 5.14 Å². The average molecular weight is 417 g/mol. The molecule has 5 rings (SSSR count). The summed E-state index contributed by atoms with van der Waals surface area (Å²) < 4.78 is 2.20. The number of hydrogen-bond acceptors (Lipinski definition) is 5. The van der Waals surface area contributed by atoms with Crippen LogP contribution in [-0.2, 0) is 5.41 Å². The molecule has 3 aromatic rings. The van der Waals surface area contributed by atoms with Gasteiger partial charge in [0.15, 0.2) is 5.78 Å². The van der Waals surface area contributed by atoms with Crippen LogP contribution in [0.1, 0.15) is 70.9 Å². The second-order valence-electron chi connectivity index (χ2n) is 8.82. The van der Waals surface area contributed by atoms with Gasteiger partial charge in [-0.1, -0.05) is 38.1 Å². The molecule has 0 unspecified atom stereocenters. The minimum absolute atomic E-state index is 0.0659. The molecule has 0 amide bonds.